The second-order valence-corrected chi connectivity index (χ2v) is 7.75. The van der Waals surface area contributed by atoms with Crippen LogP contribution in [-0.4, -0.2) is 24.0 Å². The van der Waals surface area contributed by atoms with Gasteiger partial charge in [-0.2, -0.15) is 0 Å². The Bertz CT molecular complexity index is 1200. The molecule has 0 aliphatic rings. The standard InChI is InChI=1S/C26H27N3O2/c1-5-29(6-2)22-10-7-19(8-11-22)26-28-23-16-21(9-12-24(23)31-26)27-25(30)20-14-17(3)13-18(4)15-20/h7-16H,5-6H2,1-4H3,(H,27,30). The van der Waals surface area contributed by atoms with Gasteiger partial charge in [-0.1, -0.05) is 17.2 Å². The van der Waals surface area contributed by atoms with Gasteiger partial charge in [-0.15, -0.1) is 0 Å². The number of carbonyl (C=O) groups excluding carboxylic acids is 1. The van der Waals surface area contributed by atoms with E-state index in [1.165, 1.54) is 5.69 Å². The van der Waals surface area contributed by atoms with Crippen LogP contribution < -0.4 is 10.2 Å². The number of fused-ring (bicyclic) bond motifs is 1. The maximum atomic E-state index is 12.7. The molecule has 0 unspecified atom stereocenters. The molecule has 1 amide bonds. The summed E-state index contributed by atoms with van der Waals surface area (Å²) in [7, 11) is 0. The number of nitrogens with one attached hydrogen (secondary N) is 1. The van der Waals surface area contributed by atoms with Crippen molar-refractivity contribution in [2.75, 3.05) is 23.3 Å². The van der Waals surface area contributed by atoms with Crippen LogP contribution in [0, 0.1) is 13.8 Å². The van der Waals surface area contributed by atoms with Gasteiger partial charge in [-0.05, 0) is 82.3 Å². The van der Waals surface area contributed by atoms with Crippen LogP contribution in [0.1, 0.15) is 35.3 Å². The lowest BCUT2D eigenvalue weighted by atomic mass is 10.1. The summed E-state index contributed by atoms with van der Waals surface area (Å²) in [6, 6.07) is 19.6. The zero-order chi connectivity index (χ0) is 22.0. The molecule has 3 aromatic carbocycles. The summed E-state index contributed by atoms with van der Waals surface area (Å²) in [6.45, 7) is 10.2. The third-order valence-electron chi connectivity index (χ3n) is 5.37. The molecule has 4 rings (SSSR count). The van der Waals surface area contributed by atoms with Crippen LogP contribution in [0.4, 0.5) is 11.4 Å². The molecule has 0 bridgehead atoms. The molecular weight excluding hydrogens is 386 g/mol. The summed E-state index contributed by atoms with van der Waals surface area (Å²) in [6.07, 6.45) is 0. The van der Waals surface area contributed by atoms with E-state index in [-0.39, 0.29) is 5.91 Å². The lowest BCUT2D eigenvalue weighted by Gasteiger charge is -2.20. The first-order chi connectivity index (χ1) is 15.0. The number of aryl methyl sites for hydroxylation is 2. The van der Waals surface area contributed by atoms with Crippen molar-refractivity contribution in [1.29, 1.82) is 0 Å². The molecule has 1 N–H and O–H groups in total. The number of hydrogen-bond acceptors (Lipinski definition) is 4. The van der Waals surface area contributed by atoms with E-state index in [1.807, 2.05) is 62.4 Å². The minimum atomic E-state index is -0.137. The number of benzene rings is 3. The summed E-state index contributed by atoms with van der Waals surface area (Å²) >= 11 is 0. The Morgan fingerprint density at radius 3 is 2.26 bits per heavy atom. The molecule has 0 fully saturated rings. The lowest BCUT2D eigenvalue weighted by Crippen LogP contribution is -2.21. The summed E-state index contributed by atoms with van der Waals surface area (Å²) in [4.78, 5) is 19.6. The molecule has 0 aliphatic carbocycles. The monoisotopic (exact) mass is 413 g/mol. The first-order valence-electron chi connectivity index (χ1n) is 10.6. The molecule has 0 aliphatic heterocycles. The van der Waals surface area contributed by atoms with Gasteiger partial charge in [0.05, 0.1) is 0 Å². The fourth-order valence-electron chi connectivity index (χ4n) is 3.84. The number of rotatable bonds is 6. The zero-order valence-electron chi connectivity index (χ0n) is 18.4. The summed E-state index contributed by atoms with van der Waals surface area (Å²) in [5.41, 5.74) is 6.96. The van der Waals surface area contributed by atoms with Gasteiger partial charge in [0.25, 0.3) is 5.91 Å². The molecule has 0 saturated carbocycles. The predicted molar refractivity (Wildman–Crippen MR) is 127 cm³/mol. The van der Waals surface area contributed by atoms with Gasteiger partial charge < -0.3 is 14.6 Å². The van der Waals surface area contributed by atoms with E-state index in [0.717, 1.165) is 29.8 Å². The fraction of sp³-hybridized carbons (Fsp3) is 0.231. The van der Waals surface area contributed by atoms with E-state index in [2.05, 4.69) is 41.2 Å². The van der Waals surface area contributed by atoms with Gasteiger partial charge in [0.2, 0.25) is 5.89 Å². The number of hydrogen-bond donors (Lipinski definition) is 1. The molecule has 0 atom stereocenters. The van der Waals surface area contributed by atoms with Crippen LogP contribution in [0.15, 0.2) is 65.1 Å². The van der Waals surface area contributed by atoms with Gasteiger partial charge >= 0.3 is 0 Å². The van der Waals surface area contributed by atoms with Crippen LogP contribution in [0.5, 0.6) is 0 Å². The molecule has 1 aromatic heterocycles. The third kappa shape index (κ3) is 4.45. The van der Waals surface area contributed by atoms with E-state index in [0.29, 0.717) is 28.2 Å². The third-order valence-corrected chi connectivity index (χ3v) is 5.37. The van der Waals surface area contributed by atoms with E-state index < -0.39 is 0 Å². The van der Waals surface area contributed by atoms with Crippen LogP contribution in [0.25, 0.3) is 22.6 Å². The highest BCUT2D eigenvalue weighted by Gasteiger charge is 2.12. The largest absolute Gasteiger partial charge is 0.436 e. The number of oxazole rings is 1. The molecule has 1 heterocycles. The van der Waals surface area contributed by atoms with Gasteiger partial charge in [0.15, 0.2) is 5.58 Å². The van der Waals surface area contributed by atoms with E-state index >= 15 is 0 Å². The first kappa shape index (κ1) is 20.7. The maximum Gasteiger partial charge on any atom is 0.255 e. The van der Waals surface area contributed by atoms with Crippen molar-refractivity contribution in [3.05, 3.63) is 77.4 Å². The Labute approximate surface area is 182 Å². The van der Waals surface area contributed by atoms with Gasteiger partial charge in [-0.25, -0.2) is 4.98 Å². The minimum Gasteiger partial charge on any atom is -0.436 e. The molecule has 5 heteroatoms. The fourth-order valence-corrected chi connectivity index (χ4v) is 3.84. The highest BCUT2D eigenvalue weighted by Crippen LogP contribution is 2.28. The number of aromatic nitrogens is 1. The van der Waals surface area contributed by atoms with E-state index in [9.17, 15) is 4.79 Å². The SMILES string of the molecule is CCN(CC)c1ccc(-c2nc3cc(NC(=O)c4cc(C)cc(C)c4)ccc3o2)cc1. The number of carbonyl (C=O) groups is 1. The molecular formula is C26H27N3O2. The summed E-state index contributed by atoms with van der Waals surface area (Å²) in [5, 5.41) is 2.96. The topological polar surface area (TPSA) is 58.4 Å². The van der Waals surface area contributed by atoms with Crippen LogP contribution >= 0.6 is 0 Å². The van der Waals surface area contributed by atoms with E-state index in [4.69, 9.17) is 4.42 Å². The normalized spacial score (nSPS) is 11.0. The number of anilines is 2. The van der Waals surface area contributed by atoms with Crippen LogP contribution in [0.2, 0.25) is 0 Å². The number of amides is 1. The quantitative estimate of drug-likeness (QED) is 0.408. The lowest BCUT2D eigenvalue weighted by molar-refractivity contribution is 0.102. The molecule has 0 spiro atoms. The van der Waals surface area contributed by atoms with Crippen LogP contribution in [0.3, 0.4) is 0 Å². The molecule has 4 aromatic rings. The van der Waals surface area contributed by atoms with Gasteiger partial charge in [0.1, 0.15) is 5.52 Å². The Kier molecular flexibility index (Phi) is 5.76. The average Bonchev–Trinajstić information content (AvgIpc) is 3.18. The Morgan fingerprint density at radius 2 is 1.61 bits per heavy atom. The van der Waals surface area contributed by atoms with Crippen molar-refractivity contribution >= 4 is 28.4 Å². The van der Waals surface area contributed by atoms with Crippen molar-refractivity contribution in [3.63, 3.8) is 0 Å². The first-order valence-corrected chi connectivity index (χ1v) is 10.6. The van der Waals surface area contributed by atoms with Crippen LogP contribution in [-0.2, 0) is 0 Å². The number of nitrogens with zero attached hydrogens (tertiary/aromatic N) is 2. The molecule has 158 valence electrons. The maximum absolute atomic E-state index is 12.7. The highest BCUT2D eigenvalue weighted by atomic mass is 16.3. The molecule has 0 radical (unpaired) electrons. The Balaban J connectivity index is 1.56. The molecule has 0 saturated heterocycles. The molecule has 31 heavy (non-hydrogen) atoms. The molecule has 5 nitrogen and oxygen atoms in total. The van der Waals surface area contributed by atoms with Crippen molar-refractivity contribution in [1.82, 2.24) is 4.98 Å². The highest BCUT2D eigenvalue weighted by molar-refractivity contribution is 6.05. The summed E-state index contributed by atoms with van der Waals surface area (Å²) in [5.74, 6) is 0.431. The second-order valence-electron chi connectivity index (χ2n) is 7.75. The Morgan fingerprint density at radius 1 is 0.935 bits per heavy atom. The van der Waals surface area contributed by atoms with E-state index in [1.54, 1.807) is 0 Å². The van der Waals surface area contributed by atoms with Crippen molar-refractivity contribution in [2.24, 2.45) is 0 Å². The smallest absolute Gasteiger partial charge is 0.255 e. The van der Waals surface area contributed by atoms with Gasteiger partial charge in [0, 0.05) is 35.6 Å². The Hall–Kier alpha value is -3.60. The second kappa shape index (κ2) is 8.64. The minimum absolute atomic E-state index is 0.137. The van der Waals surface area contributed by atoms with Crippen molar-refractivity contribution in [2.45, 2.75) is 27.7 Å². The average molecular weight is 414 g/mol. The summed E-state index contributed by atoms with van der Waals surface area (Å²) < 4.78 is 5.95. The van der Waals surface area contributed by atoms with Crippen molar-refractivity contribution in [3.8, 4) is 11.5 Å². The van der Waals surface area contributed by atoms with Gasteiger partial charge in [-0.3, -0.25) is 4.79 Å². The zero-order valence-corrected chi connectivity index (χ0v) is 18.4. The predicted octanol–water partition coefficient (Wildman–Crippen LogP) is 6.21. The van der Waals surface area contributed by atoms with Crippen molar-refractivity contribution < 1.29 is 9.21 Å².